The Hall–Kier alpha value is -2.20. The Balaban J connectivity index is 1.66. The number of methoxy groups -OCH3 is 1. The van der Waals surface area contributed by atoms with Gasteiger partial charge < -0.3 is 19.6 Å². The van der Waals surface area contributed by atoms with Crippen LogP contribution in [0.2, 0.25) is 0 Å². The lowest BCUT2D eigenvalue weighted by atomic mass is 9.79. The zero-order chi connectivity index (χ0) is 20.8. The van der Waals surface area contributed by atoms with Crippen LogP contribution in [0.1, 0.15) is 30.7 Å². The number of aryl methyl sites for hydroxylation is 1. The van der Waals surface area contributed by atoms with E-state index in [1.807, 2.05) is 17.8 Å². The van der Waals surface area contributed by atoms with Crippen molar-refractivity contribution in [2.45, 2.75) is 29.4 Å². The largest absolute Gasteiger partial charge is 0.611 e. The van der Waals surface area contributed by atoms with Crippen LogP contribution in [-0.2, 0) is 23.0 Å². The highest BCUT2D eigenvalue weighted by Crippen LogP contribution is 2.46. The van der Waals surface area contributed by atoms with Gasteiger partial charge in [-0.1, -0.05) is 17.8 Å². The Morgan fingerprint density at radius 3 is 2.90 bits per heavy atom. The Morgan fingerprint density at radius 2 is 2.17 bits per heavy atom. The highest BCUT2D eigenvalue weighted by molar-refractivity contribution is 7.93. The Labute approximate surface area is 181 Å². The monoisotopic (exact) mass is 441 g/mol. The molecule has 0 spiro atoms. The molecule has 156 valence electrons. The summed E-state index contributed by atoms with van der Waals surface area (Å²) in [6.45, 7) is 0.435. The quantitative estimate of drug-likeness (QED) is 0.456. The molecule has 0 radical (unpaired) electrons. The maximum absolute atomic E-state index is 12.8. The third-order valence-corrected chi connectivity index (χ3v) is 8.67. The van der Waals surface area contributed by atoms with E-state index in [0.29, 0.717) is 28.2 Å². The van der Waals surface area contributed by atoms with Gasteiger partial charge in [-0.15, -0.1) is 0 Å². The number of fused-ring (bicyclic) bond motifs is 2. The number of nitrogens with two attached hydrogens (primary N) is 1. The highest BCUT2D eigenvalue weighted by atomic mass is 32.2. The molecule has 9 heteroatoms. The summed E-state index contributed by atoms with van der Waals surface area (Å²) in [5.74, 6) is 0.903. The molecule has 0 aromatic carbocycles. The second-order valence-corrected chi connectivity index (χ2v) is 10.4. The van der Waals surface area contributed by atoms with Crippen molar-refractivity contribution in [2.24, 2.45) is 7.05 Å². The van der Waals surface area contributed by atoms with Gasteiger partial charge in [-0.25, -0.2) is 15.0 Å². The Morgan fingerprint density at radius 1 is 1.33 bits per heavy atom. The van der Waals surface area contributed by atoms with E-state index in [4.69, 9.17) is 15.5 Å². The topological polar surface area (TPSA) is 102 Å². The van der Waals surface area contributed by atoms with E-state index < -0.39 is 11.2 Å². The fraction of sp³-hybridized carbons (Fsp3) is 0.381. The highest BCUT2D eigenvalue weighted by Gasteiger charge is 2.29. The van der Waals surface area contributed by atoms with Crippen molar-refractivity contribution in [2.75, 3.05) is 25.2 Å². The number of nitrogens with zero attached hydrogens (tertiary/aromatic N) is 4. The van der Waals surface area contributed by atoms with Crippen molar-refractivity contribution < 1.29 is 9.29 Å². The number of rotatable bonds is 6. The van der Waals surface area contributed by atoms with Crippen molar-refractivity contribution in [3.8, 4) is 11.3 Å². The molecule has 2 N–H and O–H groups in total. The molecule has 1 aliphatic carbocycles. The average Bonchev–Trinajstić information content (AvgIpc) is 3.24. The van der Waals surface area contributed by atoms with Crippen LogP contribution >= 0.6 is 11.3 Å². The minimum atomic E-state index is -1.20. The van der Waals surface area contributed by atoms with Crippen molar-refractivity contribution in [1.82, 2.24) is 19.5 Å². The van der Waals surface area contributed by atoms with Crippen LogP contribution in [0.25, 0.3) is 32.6 Å². The Bertz CT molecular complexity index is 1230. The normalized spacial score (nSPS) is 15.7. The van der Waals surface area contributed by atoms with E-state index in [-0.39, 0.29) is 0 Å². The molecular formula is C21H23N5O2S2. The first-order valence-electron chi connectivity index (χ1n) is 9.94. The number of imidazole rings is 1. The SMILES string of the molecule is COCC[S+]([O-])c1sc2nc(-c3cnc4ncn(C)c4c3)cc(C3CCC3)c2c1N. The molecule has 1 saturated carbocycles. The summed E-state index contributed by atoms with van der Waals surface area (Å²) >= 11 is 0.240. The standard InChI is InChI=1S/C21H23N5O2S2/c1-26-11-24-19-16(26)8-13(10-23-19)15-9-14(12-4-3-5-12)17-18(22)21(29-20(17)25-15)30(27)7-6-28-2/h8-12H,3-7,22H2,1-2H3. The summed E-state index contributed by atoms with van der Waals surface area (Å²) in [7, 11) is 3.57. The first-order chi connectivity index (χ1) is 14.6. The van der Waals surface area contributed by atoms with Gasteiger partial charge in [0.25, 0.3) is 0 Å². The van der Waals surface area contributed by atoms with Crippen LogP contribution in [0, 0.1) is 0 Å². The third-order valence-electron chi connectivity index (χ3n) is 5.80. The van der Waals surface area contributed by atoms with E-state index in [2.05, 4.69) is 22.1 Å². The van der Waals surface area contributed by atoms with Gasteiger partial charge in [0.1, 0.15) is 16.3 Å². The zero-order valence-electron chi connectivity index (χ0n) is 16.9. The lowest BCUT2D eigenvalue weighted by Crippen LogP contribution is -2.12. The first-order valence-corrected chi connectivity index (χ1v) is 12.1. The van der Waals surface area contributed by atoms with E-state index >= 15 is 0 Å². The summed E-state index contributed by atoms with van der Waals surface area (Å²) in [4.78, 5) is 14.6. The molecule has 0 bridgehead atoms. The maximum Gasteiger partial charge on any atom is 0.232 e. The molecule has 1 aliphatic rings. The van der Waals surface area contributed by atoms with E-state index in [1.165, 1.54) is 23.3 Å². The predicted molar refractivity (Wildman–Crippen MR) is 121 cm³/mol. The van der Waals surface area contributed by atoms with Gasteiger partial charge in [0, 0.05) is 42.5 Å². The van der Waals surface area contributed by atoms with Crippen molar-refractivity contribution >= 4 is 49.6 Å². The molecular weight excluding hydrogens is 418 g/mol. The fourth-order valence-electron chi connectivity index (χ4n) is 3.89. The summed E-state index contributed by atoms with van der Waals surface area (Å²) in [6.07, 6.45) is 7.11. The third kappa shape index (κ3) is 3.26. The van der Waals surface area contributed by atoms with Gasteiger partial charge in [-0.2, -0.15) is 0 Å². The van der Waals surface area contributed by atoms with Crippen LogP contribution in [0.4, 0.5) is 5.69 Å². The van der Waals surface area contributed by atoms with Crippen molar-refractivity contribution in [3.63, 3.8) is 0 Å². The van der Waals surface area contributed by atoms with Crippen molar-refractivity contribution in [1.29, 1.82) is 0 Å². The molecule has 1 atom stereocenters. The van der Waals surface area contributed by atoms with Crippen LogP contribution in [0.5, 0.6) is 0 Å². The van der Waals surface area contributed by atoms with Crippen LogP contribution in [0.3, 0.4) is 0 Å². The maximum atomic E-state index is 12.8. The number of aromatic nitrogens is 4. The molecule has 0 amide bonds. The van der Waals surface area contributed by atoms with Gasteiger partial charge in [-0.3, -0.25) is 0 Å². The molecule has 1 unspecified atom stereocenters. The molecule has 5 rings (SSSR count). The number of pyridine rings is 2. The molecule has 4 aromatic rings. The molecule has 0 aliphatic heterocycles. The summed E-state index contributed by atoms with van der Waals surface area (Å²) in [6, 6.07) is 4.22. The summed E-state index contributed by atoms with van der Waals surface area (Å²) < 4.78 is 20.5. The molecule has 7 nitrogen and oxygen atoms in total. The average molecular weight is 442 g/mol. The number of anilines is 1. The lowest BCUT2D eigenvalue weighted by Gasteiger charge is -2.27. The minimum absolute atomic E-state index is 0.431. The van der Waals surface area contributed by atoms with Crippen LogP contribution < -0.4 is 5.73 Å². The molecule has 30 heavy (non-hydrogen) atoms. The van der Waals surface area contributed by atoms with Gasteiger partial charge in [0.05, 0.1) is 24.1 Å². The van der Waals surface area contributed by atoms with Gasteiger partial charge in [-0.05, 0) is 36.5 Å². The smallest absolute Gasteiger partial charge is 0.232 e. The van der Waals surface area contributed by atoms with Crippen LogP contribution in [-0.4, -0.2) is 43.5 Å². The second-order valence-electron chi connectivity index (χ2n) is 7.67. The summed E-state index contributed by atoms with van der Waals surface area (Å²) in [5.41, 5.74) is 11.8. The number of ether oxygens (including phenoxy) is 1. The fourth-order valence-corrected chi connectivity index (χ4v) is 6.46. The number of thiophene rings is 1. The van der Waals surface area contributed by atoms with Crippen LogP contribution in [0.15, 0.2) is 28.9 Å². The molecule has 4 aromatic heterocycles. The molecule has 0 saturated heterocycles. The predicted octanol–water partition coefficient (Wildman–Crippen LogP) is 3.85. The lowest BCUT2D eigenvalue weighted by molar-refractivity contribution is 0.217. The minimum Gasteiger partial charge on any atom is -0.611 e. The van der Waals surface area contributed by atoms with E-state index in [9.17, 15) is 4.55 Å². The second kappa shape index (κ2) is 7.81. The van der Waals surface area contributed by atoms with Crippen molar-refractivity contribution in [3.05, 3.63) is 30.2 Å². The van der Waals surface area contributed by atoms with Gasteiger partial charge >= 0.3 is 0 Å². The Kier molecular flexibility index (Phi) is 5.14. The summed E-state index contributed by atoms with van der Waals surface area (Å²) in [5, 5.41) is 0.976. The number of nitrogen functional groups attached to an aromatic ring is 1. The van der Waals surface area contributed by atoms with E-state index in [1.54, 1.807) is 13.4 Å². The molecule has 1 fully saturated rings. The van der Waals surface area contributed by atoms with Gasteiger partial charge in [0.15, 0.2) is 5.65 Å². The zero-order valence-corrected chi connectivity index (χ0v) is 18.6. The number of hydrogen-bond acceptors (Lipinski definition) is 7. The first kappa shape index (κ1) is 19.7. The van der Waals surface area contributed by atoms with E-state index in [0.717, 1.165) is 45.5 Å². The number of hydrogen-bond donors (Lipinski definition) is 1. The van der Waals surface area contributed by atoms with Gasteiger partial charge in [0.2, 0.25) is 4.21 Å². The molecule has 4 heterocycles.